The molecule has 2 amide bonds. The molecule has 2 heterocycles. The Hall–Kier alpha value is -2.00. The molecule has 8 heteroatoms. The standard InChI is InChI=1S/C15H19N3O5/c19-7-6-16-9-3-1-2-8-12(9)15(23)18(14(8)22)10-4-5-11(20)17-13(10)21/h1-3,10-11,13,16-17,19-21H,4-7H2. The molecule has 3 unspecified atom stereocenters. The molecule has 0 aliphatic carbocycles. The Morgan fingerprint density at radius 1 is 1.22 bits per heavy atom. The zero-order chi connectivity index (χ0) is 16.6. The van der Waals surface area contributed by atoms with Gasteiger partial charge in [0.15, 0.2) is 0 Å². The van der Waals surface area contributed by atoms with Crippen LogP contribution in [0.2, 0.25) is 0 Å². The lowest BCUT2D eigenvalue weighted by Crippen LogP contribution is -2.58. The van der Waals surface area contributed by atoms with E-state index in [-0.39, 0.29) is 24.3 Å². The van der Waals surface area contributed by atoms with Crippen LogP contribution in [0.3, 0.4) is 0 Å². The number of rotatable bonds is 4. The van der Waals surface area contributed by atoms with Crippen molar-refractivity contribution in [2.24, 2.45) is 0 Å². The fourth-order valence-corrected chi connectivity index (χ4v) is 3.09. The van der Waals surface area contributed by atoms with Crippen LogP contribution in [0, 0.1) is 0 Å². The van der Waals surface area contributed by atoms with E-state index in [9.17, 15) is 19.8 Å². The van der Waals surface area contributed by atoms with Gasteiger partial charge in [-0.2, -0.15) is 0 Å². The van der Waals surface area contributed by atoms with E-state index >= 15 is 0 Å². The quantitative estimate of drug-likeness (QED) is 0.454. The molecule has 3 rings (SSSR count). The van der Waals surface area contributed by atoms with Crippen molar-refractivity contribution in [2.75, 3.05) is 18.5 Å². The molecular formula is C15H19N3O5. The minimum absolute atomic E-state index is 0.0985. The van der Waals surface area contributed by atoms with Gasteiger partial charge < -0.3 is 20.6 Å². The number of piperidine rings is 1. The minimum Gasteiger partial charge on any atom is -0.395 e. The number of hydrogen-bond donors (Lipinski definition) is 5. The number of amides is 2. The monoisotopic (exact) mass is 321 g/mol. The molecular weight excluding hydrogens is 302 g/mol. The van der Waals surface area contributed by atoms with Crippen LogP contribution in [0.5, 0.6) is 0 Å². The first-order valence-corrected chi connectivity index (χ1v) is 7.52. The van der Waals surface area contributed by atoms with Gasteiger partial charge in [-0.1, -0.05) is 6.07 Å². The van der Waals surface area contributed by atoms with Gasteiger partial charge in [0.2, 0.25) is 0 Å². The zero-order valence-electron chi connectivity index (χ0n) is 12.4. The lowest BCUT2D eigenvalue weighted by atomic mass is 10.0. The number of benzene rings is 1. The largest absolute Gasteiger partial charge is 0.395 e. The summed E-state index contributed by atoms with van der Waals surface area (Å²) >= 11 is 0. The second kappa shape index (κ2) is 6.25. The third-order valence-electron chi connectivity index (χ3n) is 4.17. The average molecular weight is 321 g/mol. The van der Waals surface area contributed by atoms with Crippen molar-refractivity contribution in [1.29, 1.82) is 0 Å². The average Bonchev–Trinajstić information content (AvgIpc) is 2.78. The van der Waals surface area contributed by atoms with E-state index in [1.54, 1.807) is 18.2 Å². The molecule has 23 heavy (non-hydrogen) atoms. The molecule has 124 valence electrons. The molecule has 5 N–H and O–H groups in total. The van der Waals surface area contributed by atoms with Crippen molar-refractivity contribution in [3.63, 3.8) is 0 Å². The number of aliphatic hydroxyl groups excluding tert-OH is 3. The van der Waals surface area contributed by atoms with Crippen molar-refractivity contribution in [3.05, 3.63) is 29.3 Å². The lowest BCUT2D eigenvalue weighted by Gasteiger charge is -2.36. The number of nitrogens with one attached hydrogen (secondary N) is 2. The number of nitrogens with zero attached hydrogens (tertiary/aromatic N) is 1. The van der Waals surface area contributed by atoms with Gasteiger partial charge in [0.05, 0.1) is 23.8 Å². The number of hydrogen-bond acceptors (Lipinski definition) is 7. The number of carbonyl (C=O) groups is 2. The molecule has 1 saturated heterocycles. The first kappa shape index (κ1) is 15.9. The molecule has 2 aliphatic rings. The van der Waals surface area contributed by atoms with Gasteiger partial charge in [0.25, 0.3) is 11.8 Å². The highest BCUT2D eigenvalue weighted by atomic mass is 16.3. The highest BCUT2D eigenvalue weighted by Gasteiger charge is 2.45. The van der Waals surface area contributed by atoms with E-state index in [1.165, 1.54) is 0 Å². The van der Waals surface area contributed by atoms with Gasteiger partial charge in [0, 0.05) is 12.2 Å². The fourth-order valence-electron chi connectivity index (χ4n) is 3.09. The number of anilines is 1. The van der Waals surface area contributed by atoms with Crippen LogP contribution in [-0.2, 0) is 0 Å². The molecule has 1 aromatic carbocycles. The van der Waals surface area contributed by atoms with Gasteiger partial charge >= 0.3 is 0 Å². The molecule has 0 saturated carbocycles. The molecule has 0 radical (unpaired) electrons. The van der Waals surface area contributed by atoms with Gasteiger partial charge in [-0.3, -0.25) is 19.8 Å². The molecule has 1 fully saturated rings. The molecule has 1 aromatic rings. The Morgan fingerprint density at radius 2 is 2.00 bits per heavy atom. The van der Waals surface area contributed by atoms with E-state index in [4.69, 9.17) is 5.11 Å². The third kappa shape index (κ3) is 2.70. The molecule has 3 atom stereocenters. The maximum absolute atomic E-state index is 12.7. The predicted octanol–water partition coefficient (Wildman–Crippen LogP) is -0.924. The van der Waals surface area contributed by atoms with Crippen molar-refractivity contribution >= 4 is 17.5 Å². The molecule has 8 nitrogen and oxygen atoms in total. The van der Waals surface area contributed by atoms with Crippen LogP contribution >= 0.6 is 0 Å². The topological polar surface area (TPSA) is 122 Å². The first-order valence-electron chi connectivity index (χ1n) is 7.52. The Morgan fingerprint density at radius 3 is 2.70 bits per heavy atom. The van der Waals surface area contributed by atoms with Crippen LogP contribution in [0.1, 0.15) is 33.6 Å². The summed E-state index contributed by atoms with van der Waals surface area (Å²) in [7, 11) is 0. The Labute approximate surface area is 132 Å². The van der Waals surface area contributed by atoms with Gasteiger partial charge in [-0.05, 0) is 25.0 Å². The van der Waals surface area contributed by atoms with Crippen molar-refractivity contribution < 1.29 is 24.9 Å². The van der Waals surface area contributed by atoms with E-state index in [0.29, 0.717) is 18.5 Å². The minimum atomic E-state index is -1.17. The van der Waals surface area contributed by atoms with Crippen LogP contribution < -0.4 is 10.6 Å². The lowest BCUT2D eigenvalue weighted by molar-refractivity contribution is -0.0413. The van der Waals surface area contributed by atoms with E-state index < -0.39 is 30.3 Å². The van der Waals surface area contributed by atoms with E-state index in [1.807, 2.05) is 0 Å². The number of aliphatic hydroxyl groups is 3. The highest BCUT2D eigenvalue weighted by Crippen LogP contribution is 2.33. The summed E-state index contributed by atoms with van der Waals surface area (Å²) in [4.78, 5) is 26.4. The normalized spacial score (nSPS) is 27.3. The van der Waals surface area contributed by atoms with Crippen LogP contribution in [0.25, 0.3) is 0 Å². The van der Waals surface area contributed by atoms with Crippen molar-refractivity contribution in [2.45, 2.75) is 31.3 Å². The summed E-state index contributed by atoms with van der Waals surface area (Å²) in [5.41, 5.74) is 1.01. The zero-order valence-corrected chi connectivity index (χ0v) is 12.4. The molecule has 0 spiro atoms. The molecule has 0 bridgehead atoms. The SMILES string of the molecule is O=C1c2cccc(NCCO)c2C(=O)N1C1CCC(O)NC1O. The Kier molecular flexibility index (Phi) is 4.31. The number of carbonyl (C=O) groups excluding carboxylic acids is 2. The van der Waals surface area contributed by atoms with Crippen molar-refractivity contribution in [3.8, 4) is 0 Å². The second-order valence-corrected chi connectivity index (χ2v) is 5.63. The maximum atomic E-state index is 12.7. The number of imide groups is 1. The summed E-state index contributed by atoms with van der Waals surface area (Å²) in [6.45, 7) is 0.163. The third-order valence-corrected chi connectivity index (χ3v) is 4.17. The van der Waals surface area contributed by atoms with E-state index in [2.05, 4.69) is 10.6 Å². The Balaban J connectivity index is 1.91. The Bertz CT molecular complexity index is 636. The number of fused-ring (bicyclic) bond motifs is 1. The van der Waals surface area contributed by atoms with E-state index in [0.717, 1.165) is 4.90 Å². The van der Waals surface area contributed by atoms with Crippen LogP contribution in [-0.4, -0.2) is 63.7 Å². The molecule has 2 aliphatic heterocycles. The van der Waals surface area contributed by atoms with Crippen molar-refractivity contribution in [1.82, 2.24) is 10.2 Å². The van der Waals surface area contributed by atoms with Gasteiger partial charge in [-0.15, -0.1) is 0 Å². The molecule has 0 aromatic heterocycles. The summed E-state index contributed by atoms with van der Waals surface area (Å²) in [5, 5.41) is 33.9. The smallest absolute Gasteiger partial charge is 0.264 e. The highest BCUT2D eigenvalue weighted by molar-refractivity contribution is 6.24. The maximum Gasteiger partial charge on any atom is 0.264 e. The van der Waals surface area contributed by atoms with Gasteiger partial charge in [0.1, 0.15) is 12.5 Å². The van der Waals surface area contributed by atoms with Crippen LogP contribution in [0.15, 0.2) is 18.2 Å². The second-order valence-electron chi connectivity index (χ2n) is 5.63. The fraction of sp³-hybridized carbons (Fsp3) is 0.467. The summed E-state index contributed by atoms with van der Waals surface area (Å²) in [6.07, 6.45) is -1.36. The summed E-state index contributed by atoms with van der Waals surface area (Å²) in [6, 6.07) is 4.17. The predicted molar refractivity (Wildman–Crippen MR) is 80.7 cm³/mol. The van der Waals surface area contributed by atoms with Crippen LogP contribution in [0.4, 0.5) is 5.69 Å². The summed E-state index contributed by atoms with van der Waals surface area (Å²) in [5.74, 6) is -0.937. The van der Waals surface area contributed by atoms with Gasteiger partial charge in [-0.25, -0.2) is 0 Å². The first-order chi connectivity index (χ1) is 11.0. The summed E-state index contributed by atoms with van der Waals surface area (Å²) < 4.78 is 0.